The largest absolute Gasteiger partial charge is 0.479 e. The standard InChI is InChI=1S/C15H19N3O3/c1-11(2)18(10-6-9-16)15(21)17-13(14(19)20)12-7-4-3-5-8-12/h3-5,7-8,11,13H,6,10H2,1-2H3,(H,17,21)(H,19,20). The van der Waals surface area contributed by atoms with Crippen LogP contribution in [-0.2, 0) is 4.79 Å². The van der Waals surface area contributed by atoms with E-state index in [0.29, 0.717) is 5.56 Å². The first-order chi connectivity index (χ1) is 9.97. The van der Waals surface area contributed by atoms with Crippen molar-refractivity contribution >= 4 is 12.0 Å². The third-order valence-corrected chi connectivity index (χ3v) is 3.00. The fourth-order valence-electron chi connectivity index (χ4n) is 1.90. The van der Waals surface area contributed by atoms with Crippen LogP contribution in [0.3, 0.4) is 0 Å². The summed E-state index contributed by atoms with van der Waals surface area (Å²) in [6, 6.07) is 8.76. The Hall–Kier alpha value is -2.55. The van der Waals surface area contributed by atoms with Crippen molar-refractivity contribution in [2.24, 2.45) is 0 Å². The molecule has 2 amide bonds. The van der Waals surface area contributed by atoms with E-state index in [0.717, 1.165) is 0 Å². The zero-order valence-corrected chi connectivity index (χ0v) is 12.1. The average Bonchev–Trinajstić information content (AvgIpc) is 2.45. The summed E-state index contributed by atoms with van der Waals surface area (Å²) < 4.78 is 0. The molecule has 2 N–H and O–H groups in total. The smallest absolute Gasteiger partial charge is 0.330 e. The van der Waals surface area contributed by atoms with Crippen molar-refractivity contribution in [3.8, 4) is 6.07 Å². The van der Waals surface area contributed by atoms with E-state index >= 15 is 0 Å². The van der Waals surface area contributed by atoms with Gasteiger partial charge in [-0.15, -0.1) is 0 Å². The van der Waals surface area contributed by atoms with E-state index in [1.165, 1.54) is 4.90 Å². The van der Waals surface area contributed by atoms with Crippen LogP contribution in [0, 0.1) is 11.3 Å². The molecule has 1 unspecified atom stereocenters. The maximum absolute atomic E-state index is 12.2. The summed E-state index contributed by atoms with van der Waals surface area (Å²) >= 11 is 0. The van der Waals surface area contributed by atoms with E-state index in [2.05, 4.69) is 5.32 Å². The highest BCUT2D eigenvalue weighted by Gasteiger charge is 2.25. The minimum atomic E-state index is -1.13. The molecule has 1 rings (SSSR count). The number of carbonyl (C=O) groups is 2. The predicted molar refractivity (Wildman–Crippen MR) is 77.4 cm³/mol. The Bertz CT molecular complexity index is 523. The Morgan fingerprint density at radius 1 is 1.33 bits per heavy atom. The van der Waals surface area contributed by atoms with Gasteiger partial charge in [0, 0.05) is 12.6 Å². The van der Waals surface area contributed by atoms with Crippen LogP contribution in [-0.4, -0.2) is 34.6 Å². The lowest BCUT2D eigenvalue weighted by Gasteiger charge is -2.27. The molecular weight excluding hydrogens is 270 g/mol. The molecule has 21 heavy (non-hydrogen) atoms. The number of carboxylic acids is 1. The summed E-state index contributed by atoms with van der Waals surface area (Å²) in [6.07, 6.45) is 0.203. The molecule has 0 saturated carbocycles. The molecule has 1 atom stereocenters. The zero-order chi connectivity index (χ0) is 15.8. The van der Waals surface area contributed by atoms with Gasteiger partial charge in [0.15, 0.2) is 6.04 Å². The van der Waals surface area contributed by atoms with Crippen LogP contribution in [0.15, 0.2) is 30.3 Å². The van der Waals surface area contributed by atoms with Gasteiger partial charge < -0.3 is 15.3 Å². The van der Waals surface area contributed by atoms with E-state index in [9.17, 15) is 14.7 Å². The van der Waals surface area contributed by atoms with Gasteiger partial charge in [-0.05, 0) is 19.4 Å². The highest BCUT2D eigenvalue weighted by molar-refractivity contribution is 5.83. The normalized spacial score (nSPS) is 11.5. The number of carboxylic acid groups (broad SMARTS) is 1. The second-order valence-electron chi connectivity index (χ2n) is 4.83. The SMILES string of the molecule is CC(C)N(CCC#N)C(=O)NC(C(=O)O)c1ccccc1. The Labute approximate surface area is 124 Å². The Morgan fingerprint density at radius 2 is 1.95 bits per heavy atom. The minimum Gasteiger partial charge on any atom is -0.479 e. The highest BCUT2D eigenvalue weighted by Crippen LogP contribution is 2.14. The van der Waals surface area contributed by atoms with Crippen LogP contribution < -0.4 is 5.32 Å². The van der Waals surface area contributed by atoms with Crippen molar-refractivity contribution in [2.75, 3.05) is 6.54 Å². The molecule has 0 fully saturated rings. The van der Waals surface area contributed by atoms with E-state index in [1.807, 2.05) is 19.9 Å². The van der Waals surface area contributed by atoms with Crippen LogP contribution in [0.4, 0.5) is 4.79 Å². The van der Waals surface area contributed by atoms with E-state index in [1.54, 1.807) is 30.3 Å². The first kappa shape index (κ1) is 16.5. The van der Waals surface area contributed by atoms with Gasteiger partial charge >= 0.3 is 12.0 Å². The first-order valence-corrected chi connectivity index (χ1v) is 6.69. The van der Waals surface area contributed by atoms with Crippen LogP contribution in [0.25, 0.3) is 0 Å². The fourth-order valence-corrected chi connectivity index (χ4v) is 1.90. The van der Waals surface area contributed by atoms with Crippen LogP contribution in [0.1, 0.15) is 31.9 Å². The Balaban J connectivity index is 2.86. The van der Waals surface area contributed by atoms with E-state index in [4.69, 9.17) is 5.26 Å². The lowest BCUT2D eigenvalue weighted by atomic mass is 10.1. The molecule has 0 aliphatic rings. The number of nitrogens with one attached hydrogen (secondary N) is 1. The molecule has 6 heteroatoms. The van der Waals surface area contributed by atoms with Crippen molar-refractivity contribution in [3.05, 3.63) is 35.9 Å². The molecule has 0 aliphatic carbocycles. The number of urea groups is 1. The van der Waals surface area contributed by atoms with E-state index in [-0.39, 0.29) is 19.0 Å². The monoisotopic (exact) mass is 289 g/mol. The molecule has 0 heterocycles. The molecule has 0 radical (unpaired) electrons. The number of rotatable bonds is 6. The maximum Gasteiger partial charge on any atom is 0.330 e. The second kappa shape index (κ2) is 7.90. The quantitative estimate of drug-likeness (QED) is 0.839. The maximum atomic E-state index is 12.2. The number of hydrogen-bond donors (Lipinski definition) is 2. The molecule has 0 saturated heterocycles. The highest BCUT2D eigenvalue weighted by atomic mass is 16.4. The van der Waals surface area contributed by atoms with Crippen molar-refractivity contribution in [1.82, 2.24) is 10.2 Å². The summed E-state index contributed by atoms with van der Waals surface area (Å²) in [6.45, 7) is 3.89. The van der Waals surface area contributed by atoms with Crippen LogP contribution in [0.5, 0.6) is 0 Å². The third-order valence-electron chi connectivity index (χ3n) is 3.00. The number of carbonyl (C=O) groups excluding carboxylic acids is 1. The van der Waals surface area contributed by atoms with Crippen molar-refractivity contribution in [1.29, 1.82) is 5.26 Å². The fraction of sp³-hybridized carbons (Fsp3) is 0.400. The van der Waals surface area contributed by atoms with Crippen LogP contribution >= 0.6 is 0 Å². The first-order valence-electron chi connectivity index (χ1n) is 6.69. The van der Waals surface area contributed by atoms with Gasteiger partial charge in [-0.25, -0.2) is 9.59 Å². The number of nitriles is 1. The van der Waals surface area contributed by atoms with Gasteiger partial charge in [0.05, 0.1) is 12.5 Å². The second-order valence-corrected chi connectivity index (χ2v) is 4.83. The molecule has 0 spiro atoms. The molecular formula is C15H19N3O3. The number of aliphatic carboxylic acids is 1. The minimum absolute atomic E-state index is 0.122. The molecule has 1 aromatic rings. The van der Waals surface area contributed by atoms with Crippen molar-refractivity contribution in [3.63, 3.8) is 0 Å². The lowest BCUT2D eigenvalue weighted by Crippen LogP contribution is -2.47. The number of benzene rings is 1. The third kappa shape index (κ3) is 4.80. The van der Waals surface area contributed by atoms with Gasteiger partial charge in [0.25, 0.3) is 0 Å². The summed E-state index contributed by atoms with van der Waals surface area (Å²) in [7, 11) is 0. The average molecular weight is 289 g/mol. The Kier molecular flexibility index (Phi) is 6.21. The molecule has 0 bridgehead atoms. The predicted octanol–water partition coefficient (Wildman–Crippen LogP) is 2.15. The molecule has 0 aromatic heterocycles. The van der Waals surface area contributed by atoms with Gasteiger partial charge in [-0.1, -0.05) is 30.3 Å². The lowest BCUT2D eigenvalue weighted by molar-refractivity contribution is -0.139. The van der Waals surface area contributed by atoms with Crippen molar-refractivity contribution < 1.29 is 14.7 Å². The number of nitrogens with zero attached hydrogens (tertiary/aromatic N) is 2. The molecule has 1 aromatic carbocycles. The van der Waals surface area contributed by atoms with Gasteiger partial charge in [0.1, 0.15) is 0 Å². The van der Waals surface area contributed by atoms with Crippen molar-refractivity contribution in [2.45, 2.75) is 32.4 Å². The summed E-state index contributed by atoms with van der Waals surface area (Å²) in [5.74, 6) is -1.13. The molecule has 6 nitrogen and oxygen atoms in total. The van der Waals surface area contributed by atoms with Gasteiger partial charge in [-0.3, -0.25) is 0 Å². The van der Waals surface area contributed by atoms with E-state index < -0.39 is 18.0 Å². The number of hydrogen-bond acceptors (Lipinski definition) is 3. The van der Waals surface area contributed by atoms with Gasteiger partial charge in [-0.2, -0.15) is 5.26 Å². The van der Waals surface area contributed by atoms with Crippen LogP contribution in [0.2, 0.25) is 0 Å². The van der Waals surface area contributed by atoms with Gasteiger partial charge in [0.2, 0.25) is 0 Å². The number of amides is 2. The summed E-state index contributed by atoms with van der Waals surface area (Å²) in [4.78, 5) is 25.0. The molecule has 0 aliphatic heterocycles. The summed E-state index contributed by atoms with van der Waals surface area (Å²) in [5.41, 5.74) is 0.502. The topological polar surface area (TPSA) is 93.4 Å². The molecule has 112 valence electrons. The Morgan fingerprint density at radius 3 is 2.43 bits per heavy atom. The zero-order valence-electron chi connectivity index (χ0n) is 12.1. The summed E-state index contributed by atoms with van der Waals surface area (Å²) in [5, 5.41) is 20.4.